The summed E-state index contributed by atoms with van der Waals surface area (Å²) in [7, 11) is 0. The Morgan fingerprint density at radius 1 is 1.33 bits per heavy atom. The van der Waals surface area contributed by atoms with Gasteiger partial charge in [-0.3, -0.25) is 4.98 Å². The topological polar surface area (TPSA) is 63.8 Å². The first-order chi connectivity index (χ1) is 8.92. The van der Waals surface area contributed by atoms with Gasteiger partial charge in [0.2, 0.25) is 5.89 Å². The third-order valence-corrected chi connectivity index (χ3v) is 3.16. The largest absolute Gasteiger partial charge is 0.338 e. The summed E-state index contributed by atoms with van der Waals surface area (Å²) in [5.41, 5.74) is 0.960. The van der Waals surface area contributed by atoms with Crippen molar-refractivity contribution in [2.45, 2.75) is 31.7 Å². The Morgan fingerprint density at radius 3 is 3.11 bits per heavy atom. The van der Waals surface area contributed by atoms with Gasteiger partial charge in [-0.2, -0.15) is 4.98 Å². The Labute approximate surface area is 106 Å². The molecule has 0 radical (unpaired) electrons. The van der Waals surface area contributed by atoms with Gasteiger partial charge in [0.15, 0.2) is 5.82 Å². The monoisotopic (exact) mass is 244 g/mol. The number of hydrogen-bond donors (Lipinski definition) is 1. The maximum absolute atomic E-state index is 5.32. The van der Waals surface area contributed by atoms with Crippen LogP contribution < -0.4 is 5.32 Å². The Kier molecular flexibility index (Phi) is 3.32. The van der Waals surface area contributed by atoms with E-state index in [0.717, 1.165) is 18.7 Å². The van der Waals surface area contributed by atoms with Crippen molar-refractivity contribution in [1.29, 1.82) is 0 Å². The van der Waals surface area contributed by atoms with Crippen molar-refractivity contribution in [1.82, 2.24) is 20.4 Å². The van der Waals surface area contributed by atoms with Crippen molar-refractivity contribution >= 4 is 0 Å². The van der Waals surface area contributed by atoms with Gasteiger partial charge >= 0.3 is 0 Å². The van der Waals surface area contributed by atoms with Crippen LogP contribution >= 0.6 is 0 Å². The van der Waals surface area contributed by atoms with Crippen molar-refractivity contribution in [3.05, 3.63) is 41.8 Å². The van der Waals surface area contributed by atoms with Crippen LogP contribution in [0.5, 0.6) is 0 Å². The van der Waals surface area contributed by atoms with Crippen molar-refractivity contribution in [3.8, 4) is 0 Å². The molecule has 1 unspecified atom stereocenters. The molecule has 2 aromatic rings. The molecule has 1 aliphatic rings. The second kappa shape index (κ2) is 5.27. The van der Waals surface area contributed by atoms with Crippen LogP contribution in [0.2, 0.25) is 0 Å². The van der Waals surface area contributed by atoms with Crippen molar-refractivity contribution in [2.75, 3.05) is 6.54 Å². The molecule has 3 rings (SSSR count). The summed E-state index contributed by atoms with van der Waals surface area (Å²) >= 11 is 0. The zero-order valence-electron chi connectivity index (χ0n) is 10.2. The molecule has 0 aromatic carbocycles. The summed E-state index contributed by atoms with van der Waals surface area (Å²) in [5.74, 6) is 1.41. The Bertz CT molecular complexity index is 491. The first-order valence-electron chi connectivity index (χ1n) is 6.37. The zero-order valence-corrected chi connectivity index (χ0v) is 10.2. The van der Waals surface area contributed by atoms with Crippen LogP contribution in [0, 0.1) is 0 Å². The van der Waals surface area contributed by atoms with Crippen LogP contribution in [0.15, 0.2) is 28.9 Å². The van der Waals surface area contributed by atoms with Gasteiger partial charge in [-0.15, -0.1) is 0 Å². The Balaban J connectivity index is 1.69. The van der Waals surface area contributed by atoms with Gasteiger partial charge in [-0.1, -0.05) is 17.6 Å². The van der Waals surface area contributed by atoms with E-state index in [1.807, 2.05) is 18.2 Å². The third kappa shape index (κ3) is 2.56. The second-order valence-electron chi connectivity index (χ2n) is 4.55. The SMILES string of the molecule is c1ccc(Cc2noc(C3CCCCN3)n2)nc1. The van der Waals surface area contributed by atoms with Crippen LogP contribution in [0.1, 0.15) is 42.7 Å². The fourth-order valence-corrected chi connectivity index (χ4v) is 2.21. The van der Waals surface area contributed by atoms with Crippen LogP contribution in [-0.2, 0) is 6.42 Å². The van der Waals surface area contributed by atoms with E-state index in [-0.39, 0.29) is 6.04 Å². The molecule has 5 nitrogen and oxygen atoms in total. The average molecular weight is 244 g/mol. The summed E-state index contributed by atoms with van der Waals surface area (Å²) in [5, 5.41) is 7.42. The first kappa shape index (κ1) is 11.3. The lowest BCUT2D eigenvalue weighted by Gasteiger charge is -2.19. The lowest BCUT2D eigenvalue weighted by Crippen LogP contribution is -2.27. The minimum Gasteiger partial charge on any atom is -0.338 e. The second-order valence-corrected chi connectivity index (χ2v) is 4.55. The van der Waals surface area contributed by atoms with Gasteiger partial charge in [0.1, 0.15) is 0 Å². The first-order valence-corrected chi connectivity index (χ1v) is 6.37. The van der Waals surface area contributed by atoms with Crippen molar-refractivity contribution < 1.29 is 4.52 Å². The van der Waals surface area contributed by atoms with Crippen LogP contribution in [-0.4, -0.2) is 21.7 Å². The van der Waals surface area contributed by atoms with Gasteiger partial charge in [-0.25, -0.2) is 0 Å². The number of nitrogens with one attached hydrogen (secondary N) is 1. The molecule has 1 N–H and O–H groups in total. The minimum atomic E-state index is 0.226. The number of pyridine rings is 1. The quantitative estimate of drug-likeness (QED) is 0.893. The number of piperidine rings is 1. The van der Waals surface area contributed by atoms with E-state index in [4.69, 9.17) is 4.52 Å². The normalized spacial score (nSPS) is 19.9. The summed E-state index contributed by atoms with van der Waals surface area (Å²) in [6.07, 6.45) is 5.92. The molecular weight excluding hydrogens is 228 g/mol. The molecule has 0 bridgehead atoms. The molecule has 18 heavy (non-hydrogen) atoms. The third-order valence-electron chi connectivity index (χ3n) is 3.16. The molecule has 3 heterocycles. The van der Waals surface area contributed by atoms with E-state index < -0.39 is 0 Å². The highest BCUT2D eigenvalue weighted by Gasteiger charge is 2.20. The summed E-state index contributed by atoms with van der Waals surface area (Å²) in [6.45, 7) is 1.03. The Morgan fingerprint density at radius 2 is 2.33 bits per heavy atom. The zero-order chi connectivity index (χ0) is 12.2. The van der Waals surface area contributed by atoms with Crippen LogP contribution in [0.3, 0.4) is 0 Å². The number of nitrogens with zero attached hydrogens (tertiary/aromatic N) is 3. The fourth-order valence-electron chi connectivity index (χ4n) is 2.21. The molecule has 5 heteroatoms. The highest BCUT2D eigenvalue weighted by molar-refractivity contribution is 5.09. The smallest absolute Gasteiger partial charge is 0.243 e. The summed E-state index contributed by atoms with van der Waals surface area (Å²) in [4.78, 5) is 8.71. The summed E-state index contributed by atoms with van der Waals surface area (Å²) in [6, 6.07) is 6.06. The summed E-state index contributed by atoms with van der Waals surface area (Å²) < 4.78 is 5.32. The lowest BCUT2D eigenvalue weighted by molar-refractivity contribution is 0.296. The predicted octanol–water partition coefficient (Wildman–Crippen LogP) is 1.87. The van der Waals surface area contributed by atoms with E-state index in [0.29, 0.717) is 18.1 Å². The van der Waals surface area contributed by atoms with Crippen LogP contribution in [0.4, 0.5) is 0 Å². The van der Waals surface area contributed by atoms with Gasteiger partial charge in [0, 0.05) is 11.9 Å². The molecule has 0 amide bonds. The molecule has 1 fully saturated rings. The molecule has 1 saturated heterocycles. The molecule has 1 atom stereocenters. The highest BCUT2D eigenvalue weighted by Crippen LogP contribution is 2.21. The van der Waals surface area contributed by atoms with Gasteiger partial charge in [0.25, 0.3) is 0 Å². The number of hydrogen-bond acceptors (Lipinski definition) is 5. The van der Waals surface area contributed by atoms with Gasteiger partial charge in [-0.05, 0) is 31.5 Å². The number of aromatic nitrogens is 3. The maximum atomic E-state index is 5.32. The molecule has 1 aliphatic heterocycles. The van der Waals surface area contributed by atoms with Gasteiger partial charge in [0.05, 0.1) is 12.5 Å². The van der Waals surface area contributed by atoms with E-state index in [2.05, 4.69) is 20.4 Å². The van der Waals surface area contributed by atoms with E-state index in [1.165, 1.54) is 12.8 Å². The minimum absolute atomic E-state index is 0.226. The van der Waals surface area contributed by atoms with E-state index in [1.54, 1.807) is 6.20 Å². The van der Waals surface area contributed by atoms with Crippen LogP contribution in [0.25, 0.3) is 0 Å². The molecule has 0 aliphatic carbocycles. The van der Waals surface area contributed by atoms with Gasteiger partial charge < -0.3 is 9.84 Å². The Hall–Kier alpha value is -1.75. The molecule has 94 valence electrons. The van der Waals surface area contributed by atoms with Crippen molar-refractivity contribution in [2.24, 2.45) is 0 Å². The molecule has 2 aromatic heterocycles. The predicted molar refractivity (Wildman–Crippen MR) is 65.9 cm³/mol. The lowest BCUT2D eigenvalue weighted by atomic mass is 10.1. The van der Waals surface area contributed by atoms with E-state index in [9.17, 15) is 0 Å². The molecule has 0 spiro atoms. The molecular formula is C13H16N4O. The standard InChI is InChI=1S/C13H16N4O/c1-3-7-14-10(5-1)9-12-16-13(18-17-12)11-6-2-4-8-15-11/h1,3,5,7,11,15H,2,4,6,8-9H2. The van der Waals surface area contributed by atoms with E-state index >= 15 is 0 Å². The van der Waals surface area contributed by atoms with Crippen molar-refractivity contribution in [3.63, 3.8) is 0 Å². The maximum Gasteiger partial charge on any atom is 0.243 e. The highest BCUT2D eigenvalue weighted by atomic mass is 16.5. The molecule has 0 saturated carbocycles. The average Bonchev–Trinajstić information content (AvgIpc) is 2.89. The fraction of sp³-hybridized carbons (Fsp3) is 0.462. The number of rotatable bonds is 3.